The number of rotatable bonds is 4. The molecule has 30 heavy (non-hydrogen) atoms. The third-order valence-electron chi connectivity index (χ3n) is 5.71. The van der Waals surface area contributed by atoms with Gasteiger partial charge in [0.15, 0.2) is 5.60 Å². The van der Waals surface area contributed by atoms with Crippen molar-refractivity contribution in [3.8, 4) is 5.75 Å². The molecule has 1 N–H and O–H groups in total. The average molecular weight is 447 g/mol. The molecule has 0 spiro atoms. The molecule has 2 amide bonds. The van der Waals surface area contributed by atoms with Crippen molar-refractivity contribution >= 4 is 40.7 Å². The van der Waals surface area contributed by atoms with E-state index in [1.54, 1.807) is 55.1 Å². The van der Waals surface area contributed by atoms with Crippen LogP contribution in [0.1, 0.15) is 55.5 Å². The summed E-state index contributed by atoms with van der Waals surface area (Å²) in [6.07, 6.45) is 4.28. The zero-order valence-electron chi connectivity index (χ0n) is 17.0. The van der Waals surface area contributed by atoms with Gasteiger partial charge in [0.1, 0.15) is 5.75 Å². The lowest BCUT2D eigenvalue weighted by atomic mass is 10.0. The van der Waals surface area contributed by atoms with E-state index >= 15 is 0 Å². The first kappa shape index (κ1) is 21.0. The largest absolute Gasteiger partial charge is 0.476 e. The number of ether oxygens (including phenoxy) is 1. The van der Waals surface area contributed by atoms with Crippen LogP contribution in [0.15, 0.2) is 36.4 Å². The van der Waals surface area contributed by atoms with Gasteiger partial charge in [-0.25, -0.2) is 0 Å². The highest BCUT2D eigenvalue weighted by atomic mass is 35.5. The van der Waals surface area contributed by atoms with E-state index in [1.807, 2.05) is 0 Å². The molecule has 1 saturated carbocycles. The Kier molecular flexibility index (Phi) is 5.69. The maximum Gasteiger partial charge on any atom is 0.271 e. The molecule has 4 rings (SSSR count). The molecule has 0 bridgehead atoms. The number of fused-ring (bicyclic) bond motifs is 1. The first-order chi connectivity index (χ1) is 14.3. The molecule has 5 nitrogen and oxygen atoms in total. The standard InChI is InChI=1S/C23H24Cl2N2O3/c1-23(2)22(29)27(13-16-17(24)8-5-9-18(16)25)19-12-14(10-11-20(19)30-23)21(28)26-15-6-3-4-7-15/h5,8-12,15H,3-4,6-7,13H2,1-2H3,(H,26,28). The van der Waals surface area contributed by atoms with Crippen molar-refractivity contribution in [1.29, 1.82) is 0 Å². The van der Waals surface area contributed by atoms with Crippen molar-refractivity contribution < 1.29 is 14.3 Å². The van der Waals surface area contributed by atoms with E-state index < -0.39 is 5.60 Å². The highest BCUT2D eigenvalue weighted by Gasteiger charge is 2.41. The molecular formula is C23H24Cl2N2O3. The van der Waals surface area contributed by atoms with E-state index in [2.05, 4.69) is 5.32 Å². The maximum absolute atomic E-state index is 13.2. The fourth-order valence-corrected chi connectivity index (χ4v) is 4.56. The highest BCUT2D eigenvalue weighted by Crippen LogP contribution is 2.40. The molecule has 1 heterocycles. The monoisotopic (exact) mass is 446 g/mol. The van der Waals surface area contributed by atoms with Crippen molar-refractivity contribution in [3.63, 3.8) is 0 Å². The fourth-order valence-electron chi connectivity index (χ4n) is 4.05. The Balaban J connectivity index is 1.70. The summed E-state index contributed by atoms with van der Waals surface area (Å²) in [4.78, 5) is 27.6. The lowest BCUT2D eigenvalue weighted by Crippen LogP contribution is -2.52. The van der Waals surface area contributed by atoms with Crippen LogP contribution in [0.5, 0.6) is 5.75 Å². The number of anilines is 1. The van der Waals surface area contributed by atoms with E-state index in [0.29, 0.717) is 32.6 Å². The van der Waals surface area contributed by atoms with Crippen LogP contribution in [-0.4, -0.2) is 23.5 Å². The highest BCUT2D eigenvalue weighted by molar-refractivity contribution is 6.36. The summed E-state index contributed by atoms with van der Waals surface area (Å²) < 4.78 is 5.94. The first-order valence-corrected chi connectivity index (χ1v) is 10.9. The second-order valence-corrected chi connectivity index (χ2v) is 9.16. The minimum atomic E-state index is -1.05. The number of amides is 2. The van der Waals surface area contributed by atoms with Crippen molar-refractivity contribution in [2.24, 2.45) is 0 Å². The second-order valence-electron chi connectivity index (χ2n) is 8.34. The number of benzene rings is 2. The zero-order valence-corrected chi connectivity index (χ0v) is 18.5. The second kappa shape index (κ2) is 8.12. The summed E-state index contributed by atoms with van der Waals surface area (Å²) in [6.45, 7) is 3.63. The quantitative estimate of drug-likeness (QED) is 0.686. The molecule has 0 atom stereocenters. The van der Waals surface area contributed by atoms with Gasteiger partial charge in [-0.3, -0.25) is 9.59 Å². The van der Waals surface area contributed by atoms with E-state index in [1.165, 1.54) is 0 Å². The first-order valence-electron chi connectivity index (χ1n) is 10.1. The lowest BCUT2D eigenvalue weighted by molar-refractivity contribution is -0.132. The van der Waals surface area contributed by atoms with Crippen LogP contribution in [0, 0.1) is 0 Å². The minimum Gasteiger partial charge on any atom is -0.476 e. The third kappa shape index (κ3) is 4.01. The molecule has 7 heteroatoms. The topological polar surface area (TPSA) is 58.6 Å². The Hall–Kier alpha value is -2.24. The Morgan fingerprint density at radius 1 is 1.17 bits per heavy atom. The number of nitrogens with one attached hydrogen (secondary N) is 1. The van der Waals surface area contributed by atoms with Crippen molar-refractivity contribution in [2.75, 3.05) is 4.90 Å². The van der Waals surface area contributed by atoms with E-state index in [0.717, 1.165) is 25.7 Å². The summed E-state index contributed by atoms with van der Waals surface area (Å²) >= 11 is 12.7. The lowest BCUT2D eigenvalue weighted by Gasteiger charge is -2.39. The normalized spacial score (nSPS) is 18.1. The maximum atomic E-state index is 13.2. The zero-order chi connectivity index (χ0) is 21.5. The van der Waals surface area contributed by atoms with Gasteiger partial charge in [-0.05, 0) is 57.0 Å². The van der Waals surface area contributed by atoms with Crippen LogP contribution in [0.25, 0.3) is 0 Å². The molecule has 1 fully saturated rings. The number of nitrogens with zero attached hydrogens (tertiary/aromatic N) is 1. The Bertz CT molecular complexity index is 980. The molecule has 0 radical (unpaired) electrons. The van der Waals surface area contributed by atoms with Crippen LogP contribution >= 0.6 is 23.2 Å². The SMILES string of the molecule is CC1(C)Oc2ccc(C(=O)NC3CCCC3)cc2N(Cc2c(Cl)cccc2Cl)C1=O. The van der Waals surface area contributed by atoms with Crippen molar-refractivity contribution in [3.05, 3.63) is 57.6 Å². The predicted octanol–water partition coefficient (Wildman–Crippen LogP) is 5.37. The van der Waals surface area contributed by atoms with Crippen molar-refractivity contribution in [1.82, 2.24) is 5.32 Å². The number of carbonyl (C=O) groups excluding carboxylic acids is 2. The van der Waals surface area contributed by atoms with Gasteiger partial charge in [0.05, 0.1) is 12.2 Å². The molecule has 1 aliphatic carbocycles. The van der Waals surface area contributed by atoms with E-state index in [9.17, 15) is 9.59 Å². The van der Waals surface area contributed by atoms with Crippen molar-refractivity contribution in [2.45, 2.75) is 57.7 Å². The molecular weight excluding hydrogens is 423 g/mol. The van der Waals surface area contributed by atoms with Crippen LogP contribution in [0.3, 0.4) is 0 Å². The van der Waals surface area contributed by atoms with E-state index in [-0.39, 0.29) is 24.4 Å². The molecule has 1 aliphatic heterocycles. The molecule has 2 aromatic carbocycles. The molecule has 158 valence electrons. The summed E-state index contributed by atoms with van der Waals surface area (Å²) in [7, 11) is 0. The van der Waals surface area contributed by atoms with Crippen LogP contribution in [0.2, 0.25) is 10.0 Å². The van der Waals surface area contributed by atoms with Gasteiger partial charge in [0, 0.05) is 27.2 Å². The Morgan fingerprint density at radius 3 is 2.50 bits per heavy atom. The van der Waals surface area contributed by atoms with Crippen LogP contribution < -0.4 is 15.0 Å². The predicted molar refractivity (Wildman–Crippen MR) is 119 cm³/mol. The number of halogens is 2. The molecule has 0 unspecified atom stereocenters. The van der Waals surface area contributed by atoms with Gasteiger partial charge < -0.3 is 15.0 Å². The van der Waals surface area contributed by atoms with Gasteiger partial charge in [0.25, 0.3) is 11.8 Å². The molecule has 0 aromatic heterocycles. The Labute approximate surface area is 186 Å². The fraction of sp³-hybridized carbons (Fsp3) is 0.391. The van der Waals surface area contributed by atoms with Gasteiger partial charge >= 0.3 is 0 Å². The van der Waals surface area contributed by atoms with Gasteiger partial charge in [-0.1, -0.05) is 42.1 Å². The van der Waals surface area contributed by atoms with Crippen LogP contribution in [-0.2, 0) is 11.3 Å². The summed E-state index contributed by atoms with van der Waals surface area (Å²) in [5, 5.41) is 4.05. The van der Waals surface area contributed by atoms with E-state index in [4.69, 9.17) is 27.9 Å². The van der Waals surface area contributed by atoms with Crippen LogP contribution in [0.4, 0.5) is 5.69 Å². The average Bonchev–Trinajstić information content (AvgIpc) is 3.20. The molecule has 0 saturated heterocycles. The summed E-state index contributed by atoms with van der Waals surface area (Å²) in [5.74, 6) is 0.178. The number of carbonyl (C=O) groups is 2. The third-order valence-corrected chi connectivity index (χ3v) is 6.41. The number of hydrogen-bond acceptors (Lipinski definition) is 3. The summed E-state index contributed by atoms with van der Waals surface area (Å²) in [6, 6.07) is 10.6. The molecule has 2 aliphatic rings. The van der Waals surface area contributed by atoms with Gasteiger partial charge in [-0.2, -0.15) is 0 Å². The van der Waals surface area contributed by atoms with Gasteiger partial charge in [0.2, 0.25) is 0 Å². The number of hydrogen-bond donors (Lipinski definition) is 1. The smallest absolute Gasteiger partial charge is 0.271 e. The Morgan fingerprint density at radius 2 is 1.83 bits per heavy atom. The molecule has 2 aromatic rings. The van der Waals surface area contributed by atoms with Gasteiger partial charge in [-0.15, -0.1) is 0 Å². The minimum absolute atomic E-state index is 0.141. The summed E-state index contributed by atoms with van der Waals surface area (Å²) in [5.41, 5.74) is 0.633.